The second-order valence-corrected chi connectivity index (χ2v) is 2.33. The predicted molar refractivity (Wildman–Crippen MR) is 50.7 cm³/mol. The third kappa shape index (κ3) is 2.52. The molecule has 0 atom stereocenters. The molecule has 0 fully saturated rings. The van der Waals surface area contributed by atoms with E-state index in [1.54, 1.807) is 18.2 Å². The van der Waals surface area contributed by atoms with E-state index < -0.39 is 0 Å². The zero-order valence-electron chi connectivity index (χ0n) is 6.86. The fourth-order valence-electron chi connectivity index (χ4n) is 0.834. The van der Waals surface area contributed by atoms with E-state index in [4.69, 9.17) is 0 Å². The van der Waals surface area contributed by atoms with Gasteiger partial charge in [0.2, 0.25) is 5.91 Å². The van der Waals surface area contributed by atoms with E-state index in [9.17, 15) is 9.70 Å². The van der Waals surface area contributed by atoms with Crippen LogP contribution in [0.3, 0.4) is 0 Å². The minimum Gasteiger partial charge on any atom is -0.322 e. The average molecular weight is 176 g/mol. The second-order valence-electron chi connectivity index (χ2n) is 2.33. The lowest BCUT2D eigenvalue weighted by Gasteiger charge is -2.00. The van der Waals surface area contributed by atoms with Crippen LogP contribution in [0, 0.1) is 4.91 Å². The van der Waals surface area contributed by atoms with Gasteiger partial charge in [0.1, 0.15) is 5.69 Å². The van der Waals surface area contributed by atoms with Crippen molar-refractivity contribution in [2.75, 3.05) is 5.32 Å². The molecule has 4 heteroatoms. The van der Waals surface area contributed by atoms with Crippen LogP contribution in [-0.2, 0) is 4.79 Å². The minimum atomic E-state index is -0.317. The number of carbonyl (C=O) groups excluding carboxylic acids is 1. The number of nitroso groups, excluding NO2 is 1. The van der Waals surface area contributed by atoms with Gasteiger partial charge in [-0.3, -0.25) is 4.79 Å². The lowest BCUT2D eigenvalue weighted by atomic mass is 10.3. The Labute approximate surface area is 75.2 Å². The highest BCUT2D eigenvalue weighted by molar-refractivity contribution is 5.99. The van der Waals surface area contributed by atoms with Crippen LogP contribution in [0.15, 0.2) is 42.1 Å². The molecule has 0 heterocycles. The number of benzene rings is 1. The molecule has 0 unspecified atom stereocenters. The minimum absolute atomic E-state index is 0.280. The van der Waals surface area contributed by atoms with Gasteiger partial charge in [-0.2, -0.15) is 0 Å². The number of hydrogen-bond acceptors (Lipinski definition) is 3. The summed E-state index contributed by atoms with van der Waals surface area (Å²) in [7, 11) is 0. The summed E-state index contributed by atoms with van der Waals surface area (Å²) in [6.45, 7) is 3.30. The second kappa shape index (κ2) is 4.15. The quantitative estimate of drug-likeness (QED) is 0.567. The molecule has 0 saturated carbocycles. The number of rotatable bonds is 3. The van der Waals surface area contributed by atoms with Crippen molar-refractivity contribution in [2.45, 2.75) is 0 Å². The van der Waals surface area contributed by atoms with Gasteiger partial charge in [0.05, 0.1) is 0 Å². The molecule has 0 saturated heterocycles. The molecule has 4 nitrogen and oxygen atoms in total. The average Bonchev–Trinajstić information content (AvgIpc) is 2.18. The van der Waals surface area contributed by atoms with Crippen LogP contribution in [0.25, 0.3) is 0 Å². The third-order valence-corrected chi connectivity index (χ3v) is 1.40. The molecule has 0 bridgehead atoms. The number of nitrogens with zero attached hydrogens (tertiary/aromatic N) is 1. The van der Waals surface area contributed by atoms with Crippen LogP contribution < -0.4 is 5.32 Å². The lowest BCUT2D eigenvalue weighted by Crippen LogP contribution is -2.06. The van der Waals surface area contributed by atoms with Gasteiger partial charge in [0.25, 0.3) is 0 Å². The molecule has 0 aliphatic heterocycles. The van der Waals surface area contributed by atoms with Crippen molar-refractivity contribution in [3.63, 3.8) is 0 Å². The van der Waals surface area contributed by atoms with Crippen LogP contribution in [0.5, 0.6) is 0 Å². The van der Waals surface area contributed by atoms with E-state index in [0.717, 1.165) is 6.08 Å². The summed E-state index contributed by atoms with van der Waals surface area (Å²) in [5.74, 6) is -0.317. The summed E-state index contributed by atoms with van der Waals surface area (Å²) in [4.78, 5) is 21.0. The predicted octanol–water partition coefficient (Wildman–Crippen LogP) is 2.21. The molecule has 66 valence electrons. The Morgan fingerprint density at radius 2 is 2.31 bits per heavy atom. The van der Waals surface area contributed by atoms with Gasteiger partial charge in [-0.1, -0.05) is 12.6 Å². The fourth-order valence-corrected chi connectivity index (χ4v) is 0.834. The monoisotopic (exact) mass is 176 g/mol. The molecule has 1 amide bonds. The Morgan fingerprint density at radius 3 is 2.92 bits per heavy atom. The van der Waals surface area contributed by atoms with Gasteiger partial charge in [-0.05, 0) is 29.5 Å². The van der Waals surface area contributed by atoms with Gasteiger partial charge in [0.15, 0.2) is 0 Å². The normalized spacial score (nSPS) is 8.92. The first kappa shape index (κ1) is 9.12. The number of nitrogens with one attached hydrogen (secondary N) is 1. The summed E-state index contributed by atoms with van der Waals surface area (Å²) >= 11 is 0. The molecule has 0 spiro atoms. The zero-order chi connectivity index (χ0) is 9.68. The smallest absolute Gasteiger partial charge is 0.247 e. The maximum Gasteiger partial charge on any atom is 0.247 e. The molecule has 13 heavy (non-hydrogen) atoms. The van der Waals surface area contributed by atoms with E-state index in [1.165, 1.54) is 6.07 Å². The Bertz CT molecular complexity index is 347. The number of hydrogen-bond donors (Lipinski definition) is 1. The topological polar surface area (TPSA) is 58.5 Å². The van der Waals surface area contributed by atoms with E-state index in [0.29, 0.717) is 5.69 Å². The first-order valence-electron chi connectivity index (χ1n) is 3.63. The summed E-state index contributed by atoms with van der Waals surface area (Å²) in [6, 6.07) is 6.33. The van der Waals surface area contributed by atoms with Crippen molar-refractivity contribution in [2.24, 2.45) is 5.18 Å². The van der Waals surface area contributed by atoms with Gasteiger partial charge in [0, 0.05) is 5.69 Å². The highest BCUT2D eigenvalue weighted by atomic mass is 16.3. The molecule has 1 rings (SSSR count). The van der Waals surface area contributed by atoms with Crippen molar-refractivity contribution in [3.8, 4) is 0 Å². The summed E-state index contributed by atoms with van der Waals surface area (Å²) in [5, 5.41) is 5.25. The molecule has 1 N–H and O–H groups in total. The van der Waals surface area contributed by atoms with E-state index >= 15 is 0 Å². The van der Waals surface area contributed by atoms with Crippen molar-refractivity contribution in [3.05, 3.63) is 41.8 Å². The van der Waals surface area contributed by atoms with Gasteiger partial charge in [-0.25, -0.2) is 0 Å². The van der Waals surface area contributed by atoms with Crippen LogP contribution >= 0.6 is 0 Å². The highest BCUT2D eigenvalue weighted by Gasteiger charge is 1.97. The lowest BCUT2D eigenvalue weighted by molar-refractivity contribution is -0.111. The molecule has 0 aliphatic rings. The van der Waals surface area contributed by atoms with Crippen molar-refractivity contribution >= 4 is 17.3 Å². The summed E-state index contributed by atoms with van der Waals surface area (Å²) < 4.78 is 0. The van der Waals surface area contributed by atoms with E-state index in [1.807, 2.05) is 0 Å². The van der Waals surface area contributed by atoms with Crippen LogP contribution in [0.4, 0.5) is 11.4 Å². The Balaban J connectivity index is 2.83. The van der Waals surface area contributed by atoms with Gasteiger partial charge in [-0.15, -0.1) is 4.91 Å². The van der Waals surface area contributed by atoms with Gasteiger partial charge < -0.3 is 5.32 Å². The number of amides is 1. The molecule has 1 aromatic rings. The zero-order valence-corrected chi connectivity index (χ0v) is 6.86. The largest absolute Gasteiger partial charge is 0.322 e. The van der Waals surface area contributed by atoms with Crippen LogP contribution in [-0.4, -0.2) is 5.91 Å². The molecule has 0 aliphatic carbocycles. The first-order chi connectivity index (χ1) is 6.26. The molecular formula is C9H8N2O2. The number of carbonyl (C=O) groups is 1. The van der Waals surface area contributed by atoms with Crippen molar-refractivity contribution < 1.29 is 4.79 Å². The molecule has 0 radical (unpaired) electrons. The SMILES string of the molecule is C=CC(=O)Nc1cccc(N=O)c1. The third-order valence-electron chi connectivity index (χ3n) is 1.40. The van der Waals surface area contributed by atoms with Crippen molar-refractivity contribution in [1.29, 1.82) is 0 Å². The number of anilines is 1. The van der Waals surface area contributed by atoms with Crippen LogP contribution in [0.1, 0.15) is 0 Å². The standard InChI is InChI=1S/C9H8N2O2/c1-2-9(12)10-7-4-3-5-8(6-7)11-13/h2-6H,1H2,(H,10,12). The molecule has 1 aromatic carbocycles. The maximum atomic E-state index is 10.8. The highest BCUT2D eigenvalue weighted by Crippen LogP contribution is 2.17. The Hall–Kier alpha value is -1.97. The van der Waals surface area contributed by atoms with Crippen LogP contribution in [0.2, 0.25) is 0 Å². The first-order valence-corrected chi connectivity index (χ1v) is 3.63. The fraction of sp³-hybridized carbons (Fsp3) is 0. The molecule has 0 aromatic heterocycles. The summed E-state index contributed by atoms with van der Waals surface area (Å²) in [5.41, 5.74) is 0.809. The maximum absolute atomic E-state index is 10.8. The van der Waals surface area contributed by atoms with E-state index in [2.05, 4.69) is 17.1 Å². The van der Waals surface area contributed by atoms with Gasteiger partial charge >= 0.3 is 0 Å². The Morgan fingerprint density at radius 1 is 1.54 bits per heavy atom. The van der Waals surface area contributed by atoms with Crippen molar-refractivity contribution in [1.82, 2.24) is 0 Å². The molecular weight excluding hydrogens is 168 g/mol. The Kier molecular flexibility index (Phi) is 2.92. The van der Waals surface area contributed by atoms with E-state index in [-0.39, 0.29) is 11.6 Å². The summed E-state index contributed by atoms with van der Waals surface area (Å²) in [6.07, 6.45) is 1.15.